The summed E-state index contributed by atoms with van der Waals surface area (Å²) in [6.45, 7) is 0.263. The highest BCUT2D eigenvalue weighted by molar-refractivity contribution is 9.10. The topological polar surface area (TPSA) is 116 Å². The van der Waals surface area contributed by atoms with E-state index in [1.54, 1.807) is 18.2 Å². The van der Waals surface area contributed by atoms with Crippen molar-refractivity contribution in [2.75, 3.05) is 0 Å². The molecule has 110 valence electrons. The number of aromatic nitrogens is 2. The van der Waals surface area contributed by atoms with Crippen LogP contribution in [0.2, 0.25) is 5.02 Å². The van der Waals surface area contributed by atoms with Gasteiger partial charge in [0.2, 0.25) is 0 Å². The SMILES string of the molecule is NNC(=O)c1ccc(Cn2cc(Cl)c([N+](=O)[O-])n2)c(Br)c1. The number of hydrazine groups is 1. The van der Waals surface area contributed by atoms with E-state index in [1.165, 1.54) is 10.9 Å². The van der Waals surface area contributed by atoms with E-state index in [2.05, 4.69) is 21.0 Å². The van der Waals surface area contributed by atoms with Gasteiger partial charge in [0.1, 0.15) is 0 Å². The third kappa shape index (κ3) is 3.38. The first kappa shape index (κ1) is 15.4. The number of nitro groups is 1. The number of carbonyl (C=O) groups excluding carboxylic acids is 1. The summed E-state index contributed by atoms with van der Waals surface area (Å²) in [5, 5.41) is 14.4. The molecule has 0 aliphatic heterocycles. The zero-order valence-corrected chi connectivity index (χ0v) is 12.8. The molecule has 0 aliphatic rings. The fourth-order valence-electron chi connectivity index (χ4n) is 1.67. The summed E-state index contributed by atoms with van der Waals surface area (Å²) in [7, 11) is 0. The molecule has 0 saturated heterocycles. The molecule has 2 rings (SSSR count). The summed E-state index contributed by atoms with van der Waals surface area (Å²) >= 11 is 9.06. The Morgan fingerprint density at radius 1 is 1.57 bits per heavy atom. The van der Waals surface area contributed by atoms with Crippen molar-refractivity contribution in [3.63, 3.8) is 0 Å². The van der Waals surface area contributed by atoms with Crippen molar-refractivity contribution >= 4 is 39.3 Å². The lowest BCUT2D eigenvalue weighted by molar-refractivity contribution is -0.389. The molecule has 3 N–H and O–H groups in total. The van der Waals surface area contributed by atoms with E-state index >= 15 is 0 Å². The number of benzene rings is 1. The molecular weight excluding hydrogens is 366 g/mol. The zero-order valence-electron chi connectivity index (χ0n) is 10.4. The Balaban J connectivity index is 2.26. The molecule has 0 unspecified atom stereocenters. The monoisotopic (exact) mass is 373 g/mol. The molecule has 0 spiro atoms. The number of hydrogen-bond donors (Lipinski definition) is 2. The van der Waals surface area contributed by atoms with Crippen molar-refractivity contribution in [2.24, 2.45) is 5.84 Å². The van der Waals surface area contributed by atoms with Gasteiger partial charge < -0.3 is 10.1 Å². The first-order valence-corrected chi connectivity index (χ1v) is 6.76. The molecule has 1 heterocycles. The van der Waals surface area contributed by atoms with Gasteiger partial charge in [0.15, 0.2) is 5.02 Å². The fourth-order valence-corrected chi connectivity index (χ4v) is 2.39. The summed E-state index contributed by atoms with van der Waals surface area (Å²) in [6, 6.07) is 4.87. The Labute approximate surface area is 132 Å². The second kappa shape index (κ2) is 6.20. The van der Waals surface area contributed by atoms with Gasteiger partial charge in [-0.05, 0) is 22.6 Å². The highest BCUT2D eigenvalue weighted by atomic mass is 79.9. The predicted octanol–water partition coefficient (Wildman–Crippen LogP) is 1.86. The maximum Gasteiger partial charge on any atom is 0.408 e. The Hall–Kier alpha value is -1.97. The zero-order chi connectivity index (χ0) is 15.6. The summed E-state index contributed by atoms with van der Waals surface area (Å²) in [6.07, 6.45) is 1.37. The normalized spacial score (nSPS) is 10.4. The standard InChI is InChI=1S/C11H9BrClN5O3/c12-8-3-6(11(19)15-14)1-2-7(8)4-17-5-9(13)10(16-17)18(20)21/h1-3,5H,4,14H2,(H,15,19). The van der Waals surface area contributed by atoms with Crippen LogP contribution in [0.25, 0.3) is 0 Å². The van der Waals surface area contributed by atoms with E-state index in [0.29, 0.717) is 10.0 Å². The molecule has 0 fully saturated rings. The molecular formula is C11H9BrClN5O3. The highest BCUT2D eigenvalue weighted by Gasteiger charge is 2.19. The smallest absolute Gasteiger partial charge is 0.358 e. The summed E-state index contributed by atoms with van der Waals surface area (Å²) < 4.78 is 2.00. The number of nitrogen functional groups attached to an aromatic ring is 1. The van der Waals surface area contributed by atoms with Crippen LogP contribution >= 0.6 is 27.5 Å². The van der Waals surface area contributed by atoms with Gasteiger partial charge in [-0.15, -0.1) is 0 Å². The van der Waals surface area contributed by atoms with Crippen LogP contribution in [0.15, 0.2) is 28.9 Å². The van der Waals surface area contributed by atoms with Gasteiger partial charge in [-0.1, -0.05) is 33.6 Å². The summed E-state index contributed by atoms with van der Waals surface area (Å²) in [5.74, 6) is 4.24. The molecule has 0 radical (unpaired) electrons. The summed E-state index contributed by atoms with van der Waals surface area (Å²) in [4.78, 5) is 21.4. The van der Waals surface area contributed by atoms with E-state index in [-0.39, 0.29) is 11.6 Å². The second-order valence-corrected chi connectivity index (χ2v) is 5.30. The Kier molecular flexibility index (Phi) is 4.56. The molecule has 0 atom stereocenters. The maximum absolute atomic E-state index is 11.4. The van der Waals surface area contributed by atoms with Crippen molar-refractivity contribution < 1.29 is 9.72 Å². The Morgan fingerprint density at radius 3 is 2.81 bits per heavy atom. The lowest BCUT2D eigenvalue weighted by atomic mass is 10.1. The minimum absolute atomic E-state index is 0.0322. The molecule has 2 aromatic rings. The van der Waals surface area contributed by atoms with E-state index < -0.39 is 16.6 Å². The quantitative estimate of drug-likeness (QED) is 0.367. The van der Waals surface area contributed by atoms with Crippen LogP contribution in [0.3, 0.4) is 0 Å². The van der Waals surface area contributed by atoms with Crippen molar-refractivity contribution in [2.45, 2.75) is 6.54 Å². The van der Waals surface area contributed by atoms with Gasteiger partial charge in [-0.3, -0.25) is 10.2 Å². The van der Waals surface area contributed by atoms with Gasteiger partial charge in [0.25, 0.3) is 5.91 Å². The number of halogens is 2. The third-order valence-corrected chi connectivity index (χ3v) is 3.66. The second-order valence-electron chi connectivity index (χ2n) is 4.03. The third-order valence-electron chi connectivity index (χ3n) is 2.65. The molecule has 0 saturated carbocycles. The van der Waals surface area contributed by atoms with Crippen LogP contribution in [0.1, 0.15) is 15.9 Å². The van der Waals surface area contributed by atoms with Crippen molar-refractivity contribution in [1.82, 2.24) is 15.2 Å². The predicted molar refractivity (Wildman–Crippen MR) is 78.8 cm³/mol. The molecule has 1 amide bonds. The lowest BCUT2D eigenvalue weighted by Crippen LogP contribution is -2.29. The average molecular weight is 375 g/mol. The first-order valence-electron chi connectivity index (χ1n) is 5.59. The van der Waals surface area contributed by atoms with Gasteiger partial charge in [-0.25, -0.2) is 5.84 Å². The first-order chi connectivity index (χ1) is 9.92. The van der Waals surface area contributed by atoms with Crippen LogP contribution < -0.4 is 11.3 Å². The number of nitrogens with two attached hydrogens (primary N) is 1. The Morgan fingerprint density at radius 2 is 2.29 bits per heavy atom. The minimum atomic E-state index is -0.650. The number of carbonyl (C=O) groups is 1. The minimum Gasteiger partial charge on any atom is -0.358 e. The average Bonchev–Trinajstić information content (AvgIpc) is 2.81. The fraction of sp³-hybridized carbons (Fsp3) is 0.0909. The van der Waals surface area contributed by atoms with Gasteiger partial charge in [0.05, 0.1) is 17.8 Å². The largest absolute Gasteiger partial charge is 0.408 e. The van der Waals surface area contributed by atoms with E-state index in [4.69, 9.17) is 17.4 Å². The van der Waals surface area contributed by atoms with Gasteiger partial charge in [0, 0.05) is 10.0 Å². The van der Waals surface area contributed by atoms with Crippen LogP contribution in [-0.4, -0.2) is 20.6 Å². The van der Waals surface area contributed by atoms with Crippen molar-refractivity contribution in [1.29, 1.82) is 0 Å². The highest BCUT2D eigenvalue weighted by Crippen LogP contribution is 2.24. The molecule has 10 heteroatoms. The van der Waals surface area contributed by atoms with E-state index in [1.807, 2.05) is 5.43 Å². The molecule has 21 heavy (non-hydrogen) atoms. The molecule has 0 bridgehead atoms. The number of nitrogens with zero attached hydrogens (tertiary/aromatic N) is 3. The van der Waals surface area contributed by atoms with Crippen LogP contribution in [0.4, 0.5) is 5.82 Å². The molecule has 1 aromatic heterocycles. The van der Waals surface area contributed by atoms with Gasteiger partial charge >= 0.3 is 5.82 Å². The van der Waals surface area contributed by atoms with Crippen LogP contribution in [0, 0.1) is 10.1 Å². The van der Waals surface area contributed by atoms with Gasteiger partial charge in [-0.2, -0.15) is 4.68 Å². The molecule has 0 aliphatic carbocycles. The van der Waals surface area contributed by atoms with E-state index in [9.17, 15) is 14.9 Å². The number of hydrogen-bond acceptors (Lipinski definition) is 5. The number of nitrogens with one attached hydrogen (secondary N) is 1. The lowest BCUT2D eigenvalue weighted by Gasteiger charge is -2.05. The molecule has 8 nitrogen and oxygen atoms in total. The summed E-state index contributed by atoms with van der Waals surface area (Å²) in [5.41, 5.74) is 3.19. The number of amides is 1. The Bertz CT molecular complexity index is 718. The van der Waals surface area contributed by atoms with E-state index in [0.717, 1.165) is 5.56 Å². The van der Waals surface area contributed by atoms with Crippen LogP contribution in [0.5, 0.6) is 0 Å². The maximum atomic E-state index is 11.4. The van der Waals surface area contributed by atoms with Crippen molar-refractivity contribution in [3.05, 3.63) is 55.1 Å². The van der Waals surface area contributed by atoms with Crippen LogP contribution in [-0.2, 0) is 6.54 Å². The molecule has 1 aromatic carbocycles. The number of rotatable bonds is 4. The van der Waals surface area contributed by atoms with Crippen molar-refractivity contribution in [3.8, 4) is 0 Å².